The highest BCUT2D eigenvalue weighted by Gasteiger charge is 2.33. The van der Waals surface area contributed by atoms with Crippen LogP contribution in [-0.4, -0.2) is 49.3 Å². The van der Waals surface area contributed by atoms with Gasteiger partial charge in [0.15, 0.2) is 5.82 Å². The number of hydrogen-bond acceptors (Lipinski definition) is 4. The van der Waals surface area contributed by atoms with Gasteiger partial charge in [0.2, 0.25) is 15.9 Å². The van der Waals surface area contributed by atoms with Crippen molar-refractivity contribution in [1.29, 1.82) is 0 Å². The van der Waals surface area contributed by atoms with Gasteiger partial charge in [-0.3, -0.25) is 4.79 Å². The molecule has 7 nitrogen and oxygen atoms in total. The number of rotatable bonds is 3. The van der Waals surface area contributed by atoms with E-state index in [0.29, 0.717) is 0 Å². The number of nitrogens with one attached hydrogen (secondary N) is 1. The van der Waals surface area contributed by atoms with Crippen molar-refractivity contribution in [3.63, 3.8) is 0 Å². The van der Waals surface area contributed by atoms with E-state index in [1.54, 1.807) is 0 Å². The van der Waals surface area contributed by atoms with Crippen LogP contribution in [0.25, 0.3) is 0 Å². The molecule has 10 heteroatoms. The van der Waals surface area contributed by atoms with Gasteiger partial charge in [0.25, 0.3) is 0 Å². The summed E-state index contributed by atoms with van der Waals surface area (Å²) in [5.74, 6) is -3.56. The van der Waals surface area contributed by atoms with E-state index in [1.165, 1.54) is 0 Å². The van der Waals surface area contributed by atoms with Crippen molar-refractivity contribution in [2.75, 3.05) is 19.6 Å². The first-order chi connectivity index (χ1) is 9.73. The predicted octanol–water partition coefficient (Wildman–Crippen LogP) is 0.298. The summed E-state index contributed by atoms with van der Waals surface area (Å²) in [6, 6.07) is 1.65. The normalized spacial score (nSPS) is 16.6. The average Bonchev–Trinajstić information content (AvgIpc) is 2.40. The van der Waals surface area contributed by atoms with Gasteiger partial charge in [-0.15, -0.1) is 0 Å². The van der Waals surface area contributed by atoms with Crippen molar-refractivity contribution in [1.82, 2.24) is 9.62 Å². The first-order valence-corrected chi connectivity index (χ1v) is 7.54. The van der Waals surface area contributed by atoms with E-state index in [0.717, 1.165) is 16.4 Å². The van der Waals surface area contributed by atoms with Gasteiger partial charge in [-0.05, 0) is 12.1 Å². The third-order valence-electron chi connectivity index (χ3n) is 2.86. The fourth-order valence-electron chi connectivity index (χ4n) is 1.87. The number of carboxylic acids is 1. The molecule has 2 N–H and O–H groups in total. The minimum Gasteiger partial charge on any atom is -0.478 e. The Balaban J connectivity index is 2.54. The van der Waals surface area contributed by atoms with Crippen molar-refractivity contribution in [3.05, 3.63) is 28.5 Å². The van der Waals surface area contributed by atoms with Crippen molar-refractivity contribution >= 4 is 33.5 Å². The zero-order chi connectivity index (χ0) is 15.8. The molecule has 0 bridgehead atoms. The van der Waals surface area contributed by atoms with Crippen LogP contribution in [0.15, 0.2) is 17.0 Å². The molecule has 1 aromatic carbocycles. The van der Waals surface area contributed by atoms with Crippen LogP contribution >= 0.6 is 11.6 Å². The van der Waals surface area contributed by atoms with Crippen molar-refractivity contribution in [2.24, 2.45) is 0 Å². The second-order valence-electron chi connectivity index (χ2n) is 4.26. The van der Waals surface area contributed by atoms with E-state index < -0.39 is 44.7 Å². The smallest absolute Gasteiger partial charge is 0.338 e. The van der Waals surface area contributed by atoms with Crippen LogP contribution < -0.4 is 5.32 Å². The number of aromatic carboxylic acids is 1. The molecule has 0 spiro atoms. The zero-order valence-electron chi connectivity index (χ0n) is 10.5. The predicted molar refractivity (Wildman–Crippen MR) is 70.1 cm³/mol. The van der Waals surface area contributed by atoms with E-state index in [2.05, 4.69) is 5.32 Å². The van der Waals surface area contributed by atoms with E-state index >= 15 is 0 Å². The SMILES string of the molecule is O=C1CN(S(=O)(=O)c2cc(Cl)cc(C(=O)O)c2F)CCN1. The lowest BCUT2D eigenvalue weighted by molar-refractivity contribution is -0.122. The fraction of sp³-hybridized carbons (Fsp3) is 0.273. The standard InChI is InChI=1S/C11H10ClFN2O5S/c12-6-3-7(11(17)18)10(13)8(4-6)21(19,20)15-2-1-14-9(16)5-15/h3-4H,1-2,5H2,(H,14,16)(H,17,18). The number of carbonyl (C=O) groups is 2. The molecule has 1 fully saturated rings. The van der Waals surface area contributed by atoms with Crippen molar-refractivity contribution in [3.8, 4) is 0 Å². The Morgan fingerprint density at radius 1 is 1.43 bits per heavy atom. The van der Waals surface area contributed by atoms with Gasteiger partial charge in [0.1, 0.15) is 4.90 Å². The number of nitrogens with zero attached hydrogens (tertiary/aromatic N) is 1. The molecule has 2 rings (SSSR count). The average molecular weight is 337 g/mol. The topological polar surface area (TPSA) is 104 Å². The van der Waals surface area contributed by atoms with Gasteiger partial charge in [-0.25, -0.2) is 17.6 Å². The van der Waals surface area contributed by atoms with Crippen LogP contribution in [-0.2, 0) is 14.8 Å². The fourth-order valence-corrected chi connectivity index (χ4v) is 3.66. The maximum absolute atomic E-state index is 14.1. The van der Waals surface area contributed by atoms with Gasteiger partial charge in [-0.1, -0.05) is 11.6 Å². The maximum atomic E-state index is 14.1. The van der Waals surface area contributed by atoms with E-state index in [1.807, 2.05) is 0 Å². The lowest BCUT2D eigenvalue weighted by atomic mass is 10.2. The Bertz CT molecular complexity index is 722. The molecule has 21 heavy (non-hydrogen) atoms. The van der Waals surface area contributed by atoms with Crippen LogP contribution in [0.5, 0.6) is 0 Å². The molecule has 0 atom stereocenters. The summed E-state index contributed by atoms with van der Waals surface area (Å²) in [7, 11) is -4.35. The summed E-state index contributed by atoms with van der Waals surface area (Å²) in [5, 5.41) is 11.1. The van der Waals surface area contributed by atoms with Crippen LogP contribution in [0.1, 0.15) is 10.4 Å². The van der Waals surface area contributed by atoms with Crippen LogP contribution in [0.3, 0.4) is 0 Å². The molecule has 1 amide bonds. The summed E-state index contributed by atoms with van der Waals surface area (Å²) in [6.07, 6.45) is 0. The molecule has 0 unspecified atom stereocenters. The number of carboxylic acid groups (broad SMARTS) is 1. The lowest BCUT2D eigenvalue weighted by Gasteiger charge is -2.26. The third-order valence-corrected chi connectivity index (χ3v) is 4.92. The summed E-state index contributed by atoms with van der Waals surface area (Å²) >= 11 is 5.65. The molecule has 1 aliphatic heterocycles. The number of halogens is 2. The minimum atomic E-state index is -4.35. The first kappa shape index (κ1) is 15.7. The summed E-state index contributed by atoms with van der Waals surface area (Å²) < 4.78 is 39.5. The van der Waals surface area contributed by atoms with Gasteiger partial charge in [0.05, 0.1) is 12.1 Å². The second kappa shape index (κ2) is 5.58. The van der Waals surface area contributed by atoms with Crippen molar-refractivity contribution in [2.45, 2.75) is 4.90 Å². The highest BCUT2D eigenvalue weighted by Crippen LogP contribution is 2.26. The van der Waals surface area contributed by atoms with Crippen LogP contribution in [0.4, 0.5) is 4.39 Å². The number of sulfonamides is 1. The van der Waals surface area contributed by atoms with E-state index in [4.69, 9.17) is 16.7 Å². The molecule has 0 aromatic heterocycles. The molecular formula is C11H10ClFN2O5S. The molecule has 1 aromatic rings. The quantitative estimate of drug-likeness (QED) is 0.826. The maximum Gasteiger partial charge on any atom is 0.338 e. The Hall–Kier alpha value is -1.71. The van der Waals surface area contributed by atoms with Gasteiger partial charge in [-0.2, -0.15) is 4.31 Å². The number of piperazine rings is 1. The molecule has 0 radical (unpaired) electrons. The highest BCUT2D eigenvalue weighted by atomic mass is 35.5. The molecule has 114 valence electrons. The van der Waals surface area contributed by atoms with Crippen LogP contribution in [0.2, 0.25) is 5.02 Å². The number of amides is 1. The van der Waals surface area contributed by atoms with Crippen molar-refractivity contribution < 1.29 is 27.5 Å². The zero-order valence-corrected chi connectivity index (χ0v) is 12.0. The summed E-state index contributed by atoms with van der Waals surface area (Å²) in [4.78, 5) is 21.3. The molecule has 1 heterocycles. The Labute approximate surface area is 124 Å². The van der Waals surface area contributed by atoms with Gasteiger partial charge < -0.3 is 10.4 Å². The molecule has 1 aliphatic rings. The summed E-state index contributed by atoms with van der Waals surface area (Å²) in [5.41, 5.74) is -0.845. The summed E-state index contributed by atoms with van der Waals surface area (Å²) in [6.45, 7) is -0.412. The van der Waals surface area contributed by atoms with E-state index in [9.17, 15) is 22.4 Å². The number of carbonyl (C=O) groups excluding carboxylic acids is 1. The van der Waals surface area contributed by atoms with E-state index in [-0.39, 0.29) is 18.1 Å². The van der Waals surface area contributed by atoms with Gasteiger partial charge >= 0.3 is 5.97 Å². The lowest BCUT2D eigenvalue weighted by Crippen LogP contribution is -2.50. The molecule has 0 saturated carbocycles. The third kappa shape index (κ3) is 2.99. The molecular weight excluding hydrogens is 327 g/mol. The second-order valence-corrected chi connectivity index (χ2v) is 6.60. The molecule has 0 aliphatic carbocycles. The molecule has 1 saturated heterocycles. The minimum absolute atomic E-state index is 0.0393. The largest absolute Gasteiger partial charge is 0.478 e. The first-order valence-electron chi connectivity index (χ1n) is 5.72. The number of benzene rings is 1. The Morgan fingerprint density at radius 2 is 2.10 bits per heavy atom. The van der Waals surface area contributed by atoms with Crippen LogP contribution in [0, 0.1) is 5.82 Å². The number of hydrogen-bond donors (Lipinski definition) is 2. The highest BCUT2D eigenvalue weighted by molar-refractivity contribution is 7.89. The monoisotopic (exact) mass is 336 g/mol. The Morgan fingerprint density at radius 3 is 2.67 bits per heavy atom. The Kier molecular flexibility index (Phi) is 4.17. The van der Waals surface area contributed by atoms with Gasteiger partial charge in [0, 0.05) is 18.1 Å².